The average Bonchev–Trinajstić information content (AvgIpc) is 3.00. The van der Waals surface area contributed by atoms with Crippen molar-refractivity contribution in [1.29, 1.82) is 0 Å². The fourth-order valence-corrected chi connectivity index (χ4v) is 4.79. The lowest BCUT2D eigenvalue weighted by Crippen LogP contribution is -2.49. The third kappa shape index (κ3) is 3.97. The second kappa shape index (κ2) is 8.08. The van der Waals surface area contributed by atoms with Gasteiger partial charge in [-0.3, -0.25) is 9.69 Å². The highest BCUT2D eigenvalue weighted by atomic mass is 32.1. The van der Waals surface area contributed by atoms with E-state index in [1.165, 1.54) is 21.4 Å². The standard InChI is InChI=1S/C22H27N5OS/c1-14-6-5-7-18(15(14)2)25-19(28)12-26-8-10-27(11-9-26)21-20-16(3)17(4)29-22(20)24-13-23-21/h5-7,13H,8-12H2,1-4H3,(H,25,28). The Bertz CT molecular complexity index is 1050. The number of thiophene rings is 1. The monoisotopic (exact) mass is 409 g/mol. The van der Waals surface area contributed by atoms with Crippen LogP contribution in [0, 0.1) is 27.7 Å². The van der Waals surface area contributed by atoms with Crippen LogP contribution >= 0.6 is 11.3 Å². The van der Waals surface area contributed by atoms with Gasteiger partial charge in [-0.15, -0.1) is 11.3 Å². The molecule has 4 rings (SSSR count). The summed E-state index contributed by atoms with van der Waals surface area (Å²) in [5.74, 6) is 1.07. The first-order valence-electron chi connectivity index (χ1n) is 9.98. The minimum Gasteiger partial charge on any atom is -0.353 e. The molecule has 1 aliphatic heterocycles. The minimum atomic E-state index is 0.0425. The van der Waals surface area contributed by atoms with Crippen LogP contribution in [-0.2, 0) is 4.79 Å². The van der Waals surface area contributed by atoms with Crippen molar-refractivity contribution >= 4 is 39.0 Å². The Labute approximate surface area is 175 Å². The first-order chi connectivity index (χ1) is 13.9. The molecule has 6 nitrogen and oxygen atoms in total. The molecule has 1 N–H and O–H groups in total. The number of hydrogen-bond donors (Lipinski definition) is 1. The molecule has 0 bridgehead atoms. The van der Waals surface area contributed by atoms with Crippen LogP contribution in [-0.4, -0.2) is 53.5 Å². The van der Waals surface area contributed by atoms with E-state index in [2.05, 4.69) is 51.9 Å². The SMILES string of the molecule is Cc1cccc(NC(=O)CN2CCN(c3ncnc4sc(C)c(C)c34)CC2)c1C. The number of rotatable bonds is 4. The van der Waals surface area contributed by atoms with Crippen LogP contribution in [0.1, 0.15) is 21.6 Å². The summed E-state index contributed by atoms with van der Waals surface area (Å²) in [6, 6.07) is 6.00. The summed E-state index contributed by atoms with van der Waals surface area (Å²) in [4.78, 5) is 28.4. The highest BCUT2D eigenvalue weighted by Crippen LogP contribution is 2.34. The molecule has 0 spiro atoms. The third-order valence-corrected chi connectivity index (χ3v) is 6.98. The van der Waals surface area contributed by atoms with Crippen LogP contribution in [0.4, 0.5) is 11.5 Å². The molecular formula is C22H27N5OS. The summed E-state index contributed by atoms with van der Waals surface area (Å²) in [6.07, 6.45) is 1.66. The van der Waals surface area contributed by atoms with Gasteiger partial charge in [0, 0.05) is 36.7 Å². The van der Waals surface area contributed by atoms with Crippen LogP contribution in [0.15, 0.2) is 24.5 Å². The number of aryl methyl sites for hydroxylation is 3. The van der Waals surface area contributed by atoms with E-state index in [-0.39, 0.29) is 5.91 Å². The maximum atomic E-state index is 12.5. The number of anilines is 2. The van der Waals surface area contributed by atoms with Crippen molar-refractivity contribution in [2.75, 3.05) is 42.9 Å². The molecule has 152 valence electrons. The Kier molecular flexibility index (Phi) is 5.52. The molecule has 0 aliphatic carbocycles. The molecule has 3 aromatic rings. The quantitative estimate of drug-likeness (QED) is 0.712. The second-order valence-electron chi connectivity index (χ2n) is 7.72. The summed E-state index contributed by atoms with van der Waals surface area (Å²) in [5.41, 5.74) is 4.49. The summed E-state index contributed by atoms with van der Waals surface area (Å²) in [5, 5.41) is 4.24. The Balaban J connectivity index is 1.39. The largest absolute Gasteiger partial charge is 0.353 e. The Hall–Kier alpha value is -2.51. The van der Waals surface area contributed by atoms with E-state index >= 15 is 0 Å². The first kappa shape index (κ1) is 19.8. The van der Waals surface area contributed by atoms with E-state index in [0.29, 0.717) is 6.54 Å². The number of hydrogen-bond acceptors (Lipinski definition) is 6. The third-order valence-electron chi connectivity index (χ3n) is 5.86. The fourth-order valence-electron chi connectivity index (χ4n) is 3.80. The normalized spacial score (nSPS) is 15.1. The number of carbonyl (C=O) groups is 1. The van der Waals surface area contributed by atoms with Crippen LogP contribution in [0.3, 0.4) is 0 Å². The zero-order valence-electron chi connectivity index (χ0n) is 17.5. The van der Waals surface area contributed by atoms with Crippen LogP contribution in [0.25, 0.3) is 10.2 Å². The lowest BCUT2D eigenvalue weighted by molar-refractivity contribution is -0.117. The predicted octanol–water partition coefficient (Wildman–Crippen LogP) is 3.69. The van der Waals surface area contributed by atoms with E-state index in [1.54, 1.807) is 17.7 Å². The molecular weight excluding hydrogens is 382 g/mol. The number of fused-ring (bicyclic) bond motifs is 1. The van der Waals surface area contributed by atoms with Gasteiger partial charge in [0.05, 0.1) is 11.9 Å². The highest BCUT2D eigenvalue weighted by Gasteiger charge is 2.23. The number of nitrogens with zero attached hydrogens (tertiary/aromatic N) is 4. The van der Waals surface area contributed by atoms with Crippen molar-refractivity contribution in [3.8, 4) is 0 Å². The van der Waals surface area contributed by atoms with E-state index in [9.17, 15) is 4.79 Å². The van der Waals surface area contributed by atoms with E-state index in [0.717, 1.165) is 48.1 Å². The number of piperazine rings is 1. The van der Waals surface area contributed by atoms with E-state index < -0.39 is 0 Å². The molecule has 0 saturated carbocycles. The molecule has 29 heavy (non-hydrogen) atoms. The van der Waals surface area contributed by atoms with E-state index in [1.807, 2.05) is 19.1 Å². The molecule has 2 aromatic heterocycles. The molecule has 1 aliphatic rings. The number of aromatic nitrogens is 2. The van der Waals surface area contributed by atoms with Crippen molar-refractivity contribution in [3.63, 3.8) is 0 Å². The van der Waals surface area contributed by atoms with Crippen molar-refractivity contribution in [3.05, 3.63) is 46.1 Å². The molecule has 1 saturated heterocycles. The Morgan fingerprint density at radius 3 is 2.59 bits per heavy atom. The lowest BCUT2D eigenvalue weighted by Gasteiger charge is -2.35. The number of carbonyl (C=O) groups excluding carboxylic acids is 1. The van der Waals surface area contributed by atoms with Gasteiger partial charge in [-0.1, -0.05) is 12.1 Å². The lowest BCUT2D eigenvalue weighted by atomic mass is 10.1. The van der Waals surface area contributed by atoms with Gasteiger partial charge in [-0.25, -0.2) is 9.97 Å². The molecule has 3 heterocycles. The molecule has 1 aromatic carbocycles. The van der Waals surface area contributed by atoms with Gasteiger partial charge in [0.1, 0.15) is 17.0 Å². The van der Waals surface area contributed by atoms with Gasteiger partial charge in [-0.2, -0.15) is 0 Å². The van der Waals surface area contributed by atoms with Gasteiger partial charge < -0.3 is 10.2 Å². The van der Waals surface area contributed by atoms with Crippen molar-refractivity contribution < 1.29 is 4.79 Å². The van der Waals surface area contributed by atoms with Crippen molar-refractivity contribution in [1.82, 2.24) is 14.9 Å². The molecule has 0 atom stereocenters. The molecule has 0 unspecified atom stereocenters. The van der Waals surface area contributed by atoms with Crippen LogP contribution in [0.5, 0.6) is 0 Å². The number of nitrogens with one attached hydrogen (secondary N) is 1. The van der Waals surface area contributed by atoms with Crippen molar-refractivity contribution in [2.24, 2.45) is 0 Å². The zero-order valence-corrected chi connectivity index (χ0v) is 18.3. The van der Waals surface area contributed by atoms with Gasteiger partial charge in [0.15, 0.2) is 0 Å². The fraction of sp³-hybridized carbons (Fsp3) is 0.409. The van der Waals surface area contributed by atoms with Gasteiger partial charge in [0.25, 0.3) is 0 Å². The topological polar surface area (TPSA) is 61.4 Å². The Morgan fingerprint density at radius 1 is 1.07 bits per heavy atom. The van der Waals surface area contributed by atoms with E-state index in [4.69, 9.17) is 0 Å². The Morgan fingerprint density at radius 2 is 1.83 bits per heavy atom. The molecule has 1 amide bonds. The predicted molar refractivity (Wildman–Crippen MR) is 120 cm³/mol. The van der Waals surface area contributed by atoms with Gasteiger partial charge >= 0.3 is 0 Å². The molecule has 1 fully saturated rings. The average molecular weight is 410 g/mol. The van der Waals surface area contributed by atoms with Crippen molar-refractivity contribution in [2.45, 2.75) is 27.7 Å². The second-order valence-corrected chi connectivity index (χ2v) is 8.92. The molecule has 0 radical (unpaired) electrons. The summed E-state index contributed by atoms with van der Waals surface area (Å²) < 4.78 is 0. The smallest absolute Gasteiger partial charge is 0.238 e. The highest BCUT2D eigenvalue weighted by molar-refractivity contribution is 7.18. The van der Waals surface area contributed by atoms with Gasteiger partial charge in [0.2, 0.25) is 5.91 Å². The first-order valence-corrected chi connectivity index (χ1v) is 10.8. The maximum absolute atomic E-state index is 12.5. The summed E-state index contributed by atoms with van der Waals surface area (Å²) in [6.45, 7) is 12.2. The maximum Gasteiger partial charge on any atom is 0.238 e. The van der Waals surface area contributed by atoms with Gasteiger partial charge in [-0.05, 0) is 50.5 Å². The van der Waals surface area contributed by atoms with Crippen LogP contribution < -0.4 is 10.2 Å². The zero-order chi connectivity index (χ0) is 20.5. The van der Waals surface area contributed by atoms with Crippen LogP contribution in [0.2, 0.25) is 0 Å². The minimum absolute atomic E-state index is 0.0425. The summed E-state index contributed by atoms with van der Waals surface area (Å²) >= 11 is 1.73. The number of amides is 1. The molecule has 7 heteroatoms. The number of benzene rings is 1. The summed E-state index contributed by atoms with van der Waals surface area (Å²) in [7, 11) is 0.